The van der Waals surface area contributed by atoms with Crippen LogP contribution in [0.25, 0.3) is 0 Å². The van der Waals surface area contributed by atoms with Gasteiger partial charge in [0, 0.05) is 25.8 Å². The molecule has 2 heterocycles. The Labute approximate surface area is 149 Å². The van der Waals surface area contributed by atoms with Gasteiger partial charge in [-0.2, -0.15) is 0 Å². The molecule has 2 aromatic rings. The van der Waals surface area contributed by atoms with E-state index in [9.17, 15) is 4.79 Å². The molecule has 0 bridgehead atoms. The molecule has 2 N–H and O–H groups in total. The molecule has 25 heavy (non-hydrogen) atoms. The van der Waals surface area contributed by atoms with Gasteiger partial charge in [0.2, 0.25) is 0 Å². The predicted molar refractivity (Wildman–Crippen MR) is 99.1 cm³/mol. The number of hydrogen-bond acceptors (Lipinski definition) is 3. The highest BCUT2D eigenvalue weighted by atomic mass is 16.5. The molecule has 0 radical (unpaired) electrons. The van der Waals surface area contributed by atoms with Gasteiger partial charge in [-0.1, -0.05) is 18.2 Å². The Kier molecular flexibility index (Phi) is 6.51. The fourth-order valence-corrected chi connectivity index (χ4v) is 3.16. The highest BCUT2D eigenvalue weighted by molar-refractivity contribution is 5.94. The zero-order chi connectivity index (χ0) is 17.3. The van der Waals surface area contributed by atoms with Gasteiger partial charge >= 0.3 is 0 Å². The summed E-state index contributed by atoms with van der Waals surface area (Å²) in [7, 11) is 0. The van der Waals surface area contributed by atoms with E-state index >= 15 is 0 Å². The Morgan fingerprint density at radius 3 is 2.88 bits per heavy atom. The van der Waals surface area contributed by atoms with Gasteiger partial charge in [-0.3, -0.25) is 4.79 Å². The van der Waals surface area contributed by atoms with Crippen molar-refractivity contribution in [3.05, 3.63) is 53.9 Å². The molecule has 0 fully saturated rings. The monoisotopic (exact) mass is 341 g/mol. The van der Waals surface area contributed by atoms with E-state index in [2.05, 4.69) is 27.5 Å². The average Bonchev–Trinajstić information content (AvgIpc) is 2.95. The van der Waals surface area contributed by atoms with Gasteiger partial charge in [-0.25, -0.2) is 0 Å². The summed E-state index contributed by atoms with van der Waals surface area (Å²) in [4.78, 5) is 12.2. The van der Waals surface area contributed by atoms with E-state index in [0.717, 1.165) is 63.3 Å². The summed E-state index contributed by atoms with van der Waals surface area (Å²) >= 11 is 0. The Bertz CT molecular complexity index is 667. The van der Waals surface area contributed by atoms with Crippen LogP contribution in [0.15, 0.2) is 42.6 Å². The van der Waals surface area contributed by atoms with Gasteiger partial charge in [0.25, 0.3) is 5.91 Å². The predicted octanol–water partition coefficient (Wildman–Crippen LogP) is 2.61. The number of ether oxygens (including phenoxy) is 1. The van der Waals surface area contributed by atoms with E-state index in [1.54, 1.807) is 0 Å². The molecule has 3 rings (SSSR count). The van der Waals surface area contributed by atoms with E-state index in [0.29, 0.717) is 6.61 Å². The van der Waals surface area contributed by atoms with Crippen molar-refractivity contribution in [2.75, 3.05) is 26.2 Å². The Balaban J connectivity index is 1.30. The molecular weight excluding hydrogens is 314 g/mol. The molecule has 0 atom stereocenters. The fourth-order valence-electron chi connectivity index (χ4n) is 3.16. The largest absolute Gasteiger partial charge is 0.492 e. The molecule has 1 amide bonds. The van der Waals surface area contributed by atoms with Crippen LogP contribution >= 0.6 is 0 Å². The molecule has 0 unspecified atom stereocenters. The molecular formula is C20H27N3O2. The molecule has 0 spiro atoms. The third kappa shape index (κ3) is 5.10. The number of carbonyl (C=O) groups excluding carboxylic acids is 1. The Morgan fingerprint density at radius 2 is 2.00 bits per heavy atom. The number of fused-ring (bicyclic) bond motifs is 1. The van der Waals surface area contributed by atoms with Gasteiger partial charge in [-0.15, -0.1) is 0 Å². The third-order valence-corrected chi connectivity index (χ3v) is 4.46. The Morgan fingerprint density at radius 1 is 1.12 bits per heavy atom. The van der Waals surface area contributed by atoms with Crippen molar-refractivity contribution in [3.8, 4) is 5.75 Å². The lowest BCUT2D eigenvalue weighted by atomic mass is 10.1. The summed E-state index contributed by atoms with van der Waals surface area (Å²) in [5.41, 5.74) is 2.05. The second kappa shape index (κ2) is 9.28. The van der Waals surface area contributed by atoms with E-state index in [1.807, 2.05) is 30.3 Å². The minimum absolute atomic E-state index is 0.0775. The number of nitrogens with one attached hydrogen (secondary N) is 2. The summed E-state index contributed by atoms with van der Waals surface area (Å²) in [6.07, 6.45) is 6.21. The van der Waals surface area contributed by atoms with Crippen molar-refractivity contribution in [2.45, 2.75) is 32.2 Å². The minimum atomic E-state index is 0.0775. The molecule has 0 aliphatic carbocycles. The van der Waals surface area contributed by atoms with Crippen LogP contribution in [-0.2, 0) is 13.0 Å². The molecule has 0 saturated carbocycles. The number of amides is 1. The number of benzene rings is 1. The number of hydrogen-bond donors (Lipinski definition) is 2. The third-order valence-electron chi connectivity index (χ3n) is 4.46. The molecule has 5 nitrogen and oxygen atoms in total. The zero-order valence-electron chi connectivity index (χ0n) is 14.7. The van der Waals surface area contributed by atoms with Crippen LogP contribution in [0.4, 0.5) is 0 Å². The topological polar surface area (TPSA) is 55.3 Å². The maximum atomic E-state index is 12.2. The van der Waals surface area contributed by atoms with Crippen molar-refractivity contribution in [1.29, 1.82) is 0 Å². The van der Waals surface area contributed by atoms with Crippen LogP contribution in [0.5, 0.6) is 5.75 Å². The highest BCUT2D eigenvalue weighted by Crippen LogP contribution is 2.16. The van der Waals surface area contributed by atoms with Crippen LogP contribution in [0.1, 0.15) is 35.3 Å². The highest BCUT2D eigenvalue weighted by Gasteiger charge is 2.18. The van der Waals surface area contributed by atoms with Gasteiger partial charge in [0.05, 0.1) is 0 Å². The van der Waals surface area contributed by atoms with E-state index in [-0.39, 0.29) is 5.91 Å². The maximum Gasteiger partial charge on any atom is 0.268 e. The number of aromatic nitrogens is 1. The van der Waals surface area contributed by atoms with Gasteiger partial charge < -0.3 is 19.9 Å². The average molecular weight is 341 g/mol. The summed E-state index contributed by atoms with van der Waals surface area (Å²) in [5.74, 6) is 0.990. The SMILES string of the molecule is O=C1NCCCc2ccn(CCCCNCCOc3ccccc3)c21. The molecule has 1 aromatic carbocycles. The van der Waals surface area contributed by atoms with Crippen molar-refractivity contribution in [3.63, 3.8) is 0 Å². The Hall–Kier alpha value is -2.27. The van der Waals surface area contributed by atoms with Crippen LogP contribution in [-0.4, -0.2) is 36.7 Å². The summed E-state index contributed by atoms with van der Waals surface area (Å²) in [5, 5.41) is 6.38. The number of nitrogens with zero attached hydrogens (tertiary/aromatic N) is 1. The summed E-state index contributed by atoms with van der Waals surface area (Å²) in [6.45, 7) is 4.16. The molecule has 5 heteroatoms. The zero-order valence-corrected chi connectivity index (χ0v) is 14.7. The molecule has 134 valence electrons. The first kappa shape index (κ1) is 17.5. The first-order valence-corrected chi connectivity index (χ1v) is 9.19. The van der Waals surface area contributed by atoms with E-state index in [1.165, 1.54) is 5.56 Å². The number of carbonyl (C=O) groups is 1. The maximum absolute atomic E-state index is 12.2. The van der Waals surface area contributed by atoms with Crippen LogP contribution in [0.2, 0.25) is 0 Å². The minimum Gasteiger partial charge on any atom is -0.492 e. The smallest absolute Gasteiger partial charge is 0.268 e. The second-order valence-electron chi connectivity index (χ2n) is 6.36. The molecule has 1 aromatic heterocycles. The number of aryl methyl sites for hydroxylation is 2. The molecule has 1 aliphatic rings. The standard InChI is InChI=1S/C20H27N3O2/c24-20-19-17(7-6-12-22-20)10-15-23(19)14-5-4-11-21-13-16-25-18-8-2-1-3-9-18/h1-3,8-10,15,21H,4-7,11-14,16H2,(H,22,24). The number of unbranched alkanes of at least 4 members (excludes halogenated alkanes) is 1. The van der Waals surface area contributed by atoms with Gasteiger partial charge in [0.15, 0.2) is 0 Å². The number of para-hydroxylation sites is 1. The van der Waals surface area contributed by atoms with Gasteiger partial charge in [0.1, 0.15) is 18.1 Å². The van der Waals surface area contributed by atoms with Crippen molar-refractivity contribution in [1.82, 2.24) is 15.2 Å². The lowest BCUT2D eigenvalue weighted by Gasteiger charge is -2.10. The van der Waals surface area contributed by atoms with E-state index in [4.69, 9.17) is 4.74 Å². The molecule has 0 saturated heterocycles. The second-order valence-corrected chi connectivity index (χ2v) is 6.36. The first-order valence-electron chi connectivity index (χ1n) is 9.19. The van der Waals surface area contributed by atoms with Crippen molar-refractivity contribution < 1.29 is 9.53 Å². The first-order chi connectivity index (χ1) is 12.3. The van der Waals surface area contributed by atoms with Gasteiger partial charge in [-0.05, 0) is 56.0 Å². The summed E-state index contributed by atoms with van der Waals surface area (Å²) < 4.78 is 7.75. The number of rotatable bonds is 9. The van der Waals surface area contributed by atoms with Crippen molar-refractivity contribution >= 4 is 5.91 Å². The lowest BCUT2D eigenvalue weighted by Crippen LogP contribution is -2.25. The lowest BCUT2D eigenvalue weighted by molar-refractivity contribution is 0.0946. The van der Waals surface area contributed by atoms with Crippen LogP contribution in [0.3, 0.4) is 0 Å². The van der Waals surface area contributed by atoms with Crippen LogP contribution in [0, 0.1) is 0 Å². The van der Waals surface area contributed by atoms with E-state index < -0.39 is 0 Å². The van der Waals surface area contributed by atoms with Crippen molar-refractivity contribution in [2.24, 2.45) is 0 Å². The molecule has 1 aliphatic heterocycles. The van der Waals surface area contributed by atoms with Crippen LogP contribution < -0.4 is 15.4 Å². The normalized spacial score (nSPS) is 13.8. The summed E-state index contributed by atoms with van der Waals surface area (Å²) in [6, 6.07) is 12.0. The quantitative estimate of drug-likeness (QED) is 0.690. The fraction of sp³-hybridized carbons (Fsp3) is 0.450.